The van der Waals surface area contributed by atoms with Gasteiger partial charge in [0.15, 0.2) is 12.4 Å². The molecule has 1 aliphatic heterocycles. The molecule has 6 atom stereocenters. The van der Waals surface area contributed by atoms with Gasteiger partial charge in [0.05, 0.1) is 13.2 Å². The minimum Gasteiger partial charge on any atom is -0.462 e. The molecule has 0 saturated carbocycles. The highest BCUT2D eigenvalue weighted by molar-refractivity contribution is 5.70. The molecule has 10 heteroatoms. The van der Waals surface area contributed by atoms with Crippen molar-refractivity contribution in [1.29, 1.82) is 0 Å². The van der Waals surface area contributed by atoms with Crippen molar-refractivity contribution >= 4 is 11.9 Å². The van der Waals surface area contributed by atoms with Gasteiger partial charge in [0.2, 0.25) is 0 Å². The fourth-order valence-corrected chi connectivity index (χ4v) is 5.89. The summed E-state index contributed by atoms with van der Waals surface area (Å²) in [6.45, 7) is 3.39. The SMILES string of the molecule is CCCCCCCCCCCCCC(=O)OCC(CO[C@@H]1O[C@H](CO)[C@@H](O)[C@H](O)[C@H]1O)OC(=O)CCCCCCCCCCCCC. The molecule has 0 aromatic carbocycles. The zero-order chi connectivity index (χ0) is 34.5. The zero-order valence-corrected chi connectivity index (χ0v) is 29.8. The summed E-state index contributed by atoms with van der Waals surface area (Å²) in [7, 11) is 0. The van der Waals surface area contributed by atoms with Crippen LogP contribution < -0.4 is 0 Å². The number of aliphatic hydroxyl groups excluding tert-OH is 4. The van der Waals surface area contributed by atoms with Crippen molar-refractivity contribution in [3.05, 3.63) is 0 Å². The van der Waals surface area contributed by atoms with E-state index < -0.39 is 49.4 Å². The molecule has 1 fully saturated rings. The maximum Gasteiger partial charge on any atom is 0.306 e. The van der Waals surface area contributed by atoms with Crippen LogP contribution in [-0.4, -0.2) is 89.0 Å². The Morgan fingerprint density at radius 1 is 0.574 bits per heavy atom. The van der Waals surface area contributed by atoms with E-state index in [1.54, 1.807) is 0 Å². The van der Waals surface area contributed by atoms with E-state index in [-0.39, 0.29) is 32.0 Å². The first-order valence-corrected chi connectivity index (χ1v) is 19.1. The number of esters is 2. The summed E-state index contributed by atoms with van der Waals surface area (Å²) < 4.78 is 22.0. The van der Waals surface area contributed by atoms with Gasteiger partial charge in [-0.1, -0.05) is 142 Å². The number of hydrogen-bond donors (Lipinski definition) is 4. The van der Waals surface area contributed by atoms with Crippen LogP contribution in [0.25, 0.3) is 0 Å². The first-order chi connectivity index (χ1) is 22.8. The number of unbranched alkanes of at least 4 members (excludes halogenated alkanes) is 20. The van der Waals surface area contributed by atoms with Crippen LogP contribution in [0, 0.1) is 0 Å². The van der Waals surface area contributed by atoms with Crippen LogP contribution in [0.15, 0.2) is 0 Å². The van der Waals surface area contributed by atoms with Crippen molar-refractivity contribution in [2.24, 2.45) is 0 Å². The van der Waals surface area contributed by atoms with Gasteiger partial charge in [0.1, 0.15) is 31.0 Å². The van der Waals surface area contributed by atoms with Crippen LogP contribution in [-0.2, 0) is 28.5 Å². The van der Waals surface area contributed by atoms with Crippen LogP contribution in [0.2, 0.25) is 0 Å². The fourth-order valence-electron chi connectivity index (χ4n) is 5.89. The maximum absolute atomic E-state index is 12.6. The molecule has 1 rings (SSSR count). The summed E-state index contributed by atoms with van der Waals surface area (Å²) >= 11 is 0. The molecule has 0 radical (unpaired) electrons. The Labute approximate surface area is 285 Å². The lowest BCUT2D eigenvalue weighted by Gasteiger charge is -2.39. The third kappa shape index (κ3) is 22.1. The van der Waals surface area contributed by atoms with E-state index in [0.29, 0.717) is 6.42 Å². The molecule has 10 nitrogen and oxygen atoms in total. The number of carbonyl (C=O) groups excluding carboxylic acids is 2. The third-order valence-corrected chi connectivity index (χ3v) is 8.99. The second kappa shape index (κ2) is 29.6. The molecule has 278 valence electrons. The van der Waals surface area contributed by atoms with Crippen molar-refractivity contribution < 1.29 is 49.0 Å². The number of hydrogen-bond acceptors (Lipinski definition) is 10. The molecule has 0 aromatic rings. The minimum absolute atomic E-state index is 0.210. The Balaban J connectivity index is 2.40. The van der Waals surface area contributed by atoms with Gasteiger partial charge < -0.3 is 39.4 Å². The lowest BCUT2D eigenvalue weighted by atomic mass is 9.99. The summed E-state index contributed by atoms with van der Waals surface area (Å²) in [6.07, 6.45) is 18.3. The predicted octanol–water partition coefficient (Wildman–Crippen LogP) is 6.66. The second-order valence-electron chi connectivity index (χ2n) is 13.4. The van der Waals surface area contributed by atoms with Crippen LogP contribution in [0.1, 0.15) is 168 Å². The Morgan fingerprint density at radius 2 is 1.00 bits per heavy atom. The van der Waals surface area contributed by atoms with Crippen molar-refractivity contribution in [2.75, 3.05) is 19.8 Å². The average molecular weight is 675 g/mol. The Kier molecular flexibility index (Phi) is 27.5. The highest BCUT2D eigenvalue weighted by atomic mass is 16.7. The van der Waals surface area contributed by atoms with Crippen LogP contribution >= 0.6 is 0 Å². The first-order valence-electron chi connectivity index (χ1n) is 19.1. The smallest absolute Gasteiger partial charge is 0.306 e. The summed E-state index contributed by atoms with van der Waals surface area (Å²) in [4.78, 5) is 25.1. The zero-order valence-electron chi connectivity index (χ0n) is 29.8. The second-order valence-corrected chi connectivity index (χ2v) is 13.4. The lowest BCUT2D eigenvalue weighted by molar-refractivity contribution is -0.305. The van der Waals surface area contributed by atoms with Gasteiger partial charge in [0.25, 0.3) is 0 Å². The van der Waals surface area contributed by atoms with Crippen LogP contribution in [0.4, 0.5) is 0 Å². The first kappa shape index (κ1) is 43.7. The lowest BCUT2D eigenvalue weighted by Crippen LogP contribution is -2.59. The molecule has 0 aliphatic carbocycles. The normalized spacial score (nSPS) is 21.9. The van der Waals surface area contributed by atoms with E-state index in [9.17, 15) is 30.0 Å². The van der Waals surface area contributed by atoms with E-state index in [2.05, 4.69) is 13.8 Å². The molecule has 47 heavy (non-hydrogen) atoms. The summed E-state index contributed by atoms with van der Waals surface area (Å²) in [5.41, 5.74) is 0. The molecular weight excluding hydrogens is 604 g/mol. The largest absolute Gasteiger partial charge is 0.462 e. The molecule has 0 spiro atoms. The molecule has 0 bridgehead atoms. The van der Waals surface area contributed by atoms with E-state index in [1.165, 1.54) is 96.3 Å². The third-order valence-electron chi connectivity index (χ3n) is 8.99. The molecule has 1 saturated heterocycles. The van der Waals surface area contributed by atoms with E-state index >= 15 is 0 Å². The predicted molar refractivity (Wildman–Crippen MR) is 183 cm³/mol. The summed E-state index contributed by atoms with van der Waals surface area (Å²) in [6, 6.07) is 0. The molecular formula is C37H70O10. The van der Waals surface area contributed by atoms with Crippen molar-refractivity contribution in [3.63, 3.8) is 0 Å². The number of aliphatic hydroxyl groups is 4. The van der Waals surface area contributed by atoms with Gasteiger partial charge in [-0.05, 0) is 12.8 Å². The molecule has 1 unspecified atom stereocenters. The van der Waals surface area contributed by atoms with Gasteiger partial charge in [-0.15, -0.1) is 0 Å². The van der Waals surface area contributed by atoms with Crippen molar-refractivity contribution in [2.45, 2.75) is 205 Å². The van der Waals surface area contributed by atoms with E-state index in [4.69, 9.17) is 18.9 Å². The summed E-state index contributed by atoms with van der Waals surface area (Å²) in [5.74, 6) is -0.801. The van der Waals surface area contributed by atoms with Gasteiger partial charge in [-0.3, -0.25) is 9.59 Å². The standard InChI is InChI=1S/C37H70O10/c1-3-5-7-9-11-13-15-17-19-21-23-25-32(39)44-28-30(29-45-37-36(43)35(42)34(41)31(27-38)47-37)46-33(40)26-24-22-20-18-16-14-12-10-8-6-4-2/h30-31,34-38,41-43H,3-29H2,1-2H3/t30?,31-,34-,35+,36-,37-/m1/s1. The minimum atomic E-state index is -1.59. The fraction of sp³-hybridized carbons (Fsp3) is 0.946. The monoisotopic (exact) mass is 674 g/mol. The van der Waals surface area contributed by atoms with Crippen molar-refractivity contribution in [3.8, 4) is 0 Å². The van der Waals surface area contributed by atoms with Crippen molar-refractivity contribution in [1.82, 2.24) is 0 Å². The van der Waals surface area contributed by atoms with Gasteiger partial charge in [0, 0.05) is 12.8 Å². The number of ether oxygens (including phenoxy) is 4. The Bertz CT molecular complexity index is 749. The summed E-state index contributed by atoms with van der Waals surface area (Å²) in [5, 5.41) is 39.8. The van der Waals surface area contributed by atoms with E-state index in [1.807, 2.05) is 0 Å². The Hall–Kier alpha value is -1.30. The van der Waals surface area contributed by atoms with Crippen LogP contribution in [0.5, 0.6) is 0 Å². The molecule has 0 amide bonds. The quantitative estimate of drug-likeness (QED) is 0.0464. The van der Waals surface area contributed by atoms with Gasteiger partial charge >= 0.3 is 11.9 Å². The number of rotatable bonds is 31. The topological polar surface area (TPSA) is 152 Å². The van der Waals surface area contributed by atoms with Gasteiger partial charge in [-0.25, -0.2) is 0 Å². The molecule has 1 aliphatic rings. The van der Waals surface area contributed by atoms with Gasteiger partial charge in [-0.2, -0.15) is 0 Å². The van der Waals surface area contributed by atoms with E-state index in [0.717, 1.165) is 38.5 Å². The molecule has 0 aromatic heterocycles. The molecule has 4 N–H and O–H groups in total. The highest BCUT2D eigenvalue weighted by Gasteiger charge is 2.44. The molecule has 1 heterocycles. The maximum atomic E-state index is 12.6. The Morgan fingerprint density at radius 3 is 1.45 bits per heavy atom. The highest BCUT2D eigenvalue weighted by Crippen LogP contribution is 2.22. The van der Waals surface area contributed by atoms with Crippen LogP contribution in [0.3, 0.4) is 0 Å². The number of carbonyl (C=O) groups is 2. The average Bonchev–Trinajstić information content (AvgIpc) is 3.06.